The van der Waals surface area contributed by atoms with Gasteiger partial charge in [0.2, 0.25) is 0 Å². The number of carbonyl (C=O) groups excluding carboxylic acids is 3. The van der Waals surface area contributed by atoms with E-state index in [4.69, 9.17) is 9.39 Å². The molecule has 0 aromatic heterocycles. The van der Waals surface area contributed by atoms with Crippen LogP contribution < -0.4 is 10.6 Å². The van der Waals surface area contributed by atoms with E-state index in [1.54, 1.807) is 27.7 Å². The number of nitrogens with zero attached hydrogens (tertiary/aromatic N) is 4. The summed E-state index contributed by atoms with van der Waals surface area (Å²) in [6.45, 7) is 21.6. The van der Waals surface area contributed by atoms with Crippen molar-refractivity contribution in [1.29, 1.82) is 0 Å². The second kappa shape index (κ2) is 19.6. The summed E-state index contributed by atoms with van der Waals surface area (Å²) in [5, 5.41) is 11.9. The third-order valence-electron chi connectivity index (χ3n) is 8.60. The van der Waals surface area contributed by atoms with Gasteiger partial charge in [0, 0.05) is 12.1 Å². The highest BCUT2D eigenvalue weighted by Crippen LogP contribution is 2.30. The fourth-order valence-electron chi connectivity index (χ4n) is 6.24. The summed E-state index contributed by atoms with van der Waals surface area (Å²) in [5.41, 5.74) is 1.46. The lowest BCUT2D eigenvalue weighted by molar-refractivity contribution is -0.929. The monoisotopic (exact) mass is 679 g/mol. The first-order valence-corrected chi connectivity index (χ1v) is 18.4. The molecule has 2 aliphatic rings. The van der Waals surface area contributed by atoms with Crippen molar-refractivity contribution >= 4 is 28.4 Å². The molecule has 0 radical (unpaired) electrons. The van der Waals surface area contributed by atoms with Gasteiger partial charge in [-0.15, -0.1) is 4.28 Å². The molecule has 2 heterocycles. The first-order chi connectivity index (χ1) is 21.5. The van der Waals surface area contributed by atoms with Crippen molar-refractivity contribution in [1.82, 2.24) is 20.3 Å². The fraction of sp³-hybridized carbons (Fsp3) is 0.903. The SMILES string of the molecule is CCCC[N+](CCCC)(CCCC)CCCC.C[C@H](CONC(=O)[C@@H]1CC[C@@H]2CN1C(=O)N2OS(=O)(=O)O)N(C(=O)[O-])C(C)(C)C. The van der Waals surface area contributed by atoms with Gasteiger partial charge in [-0.05, 0) is 66.2 Å². The van der Waals surface area contributed by atoms with E-state index in [-0.39, 0.29) is 26.0 Å². The summed E-state index contributed by atoms with van der Waals surface area (Å²) >= 11 is 0. The molecule has 0 aliphatic carbocycles. The third-order valence-corrected chi connectivity index (χ3v) is 8.95. The largest absolute Gasteiger partial charge is 0.530 e. The zero-order chi connectivity index (χ0) is 35.1. The Hall–Kier alpha value is -2.20. The minimum atomic E-state index is -4.87. The van der Waals surface area contributed by atoms with Crippen LogP contribution in [0.15, 0.2) is 0 Å². The lowest BCUT2D eigenvalue weighted by Gasteiger charge is -2.42. The first-order valence-electron chi connectivity index (χ1n) is 17.0. The van der Waals surface area contributed by atoms with Crippen molar-refractivity contribution in [3.8, 4) is 0 Å². The van der Waals surface area contributed by atoms with Crippen molar-refractivity contribution in [2.75, 3.05) is 39.3 Å². The Kier molecular flexibility index (Phi) is 17.8. The van der Waals surface area contributed by atoms with E-state index in [0.717, 1.165) is 9.80 Å². The summed E-state index contributed by atoms with van der Waals surface area (Å²) in [6.07, 6.45) is 10.2. The molecule has 3 atom stereocenters. The molecule has 46 heavy (non-hydrogen) atoms. The smallest absolute Gasteiger partial charge is 0.418 e. The second-order valence-corrected chi connectivity index (χ2v) is 14.6. The maximum absolute atomic E-state index is 12.4. The number of fused-ring (bicyclic) bond motifs is 2. The van der Waals surface area contributed by atoms with Gasteiger partial charge < -0.3 is 24.2 Å². The van der Waals surface area contributed by atoms with Gasteiger partial charge in [-0.25, -0.2) is 10.3 Å². The average molecular weight is 680 g/mol. The zero-order valence-corrected chi connectivity index (χ0v) is 30.3. The number of amides is 4. The number of carboxylic acid groups (broad SMARTS) is 1. The Morgan fingerprint density at radius 2 is 1.48 bits per heavy atom. The van der Waals surface area contributed by atoms with Gasteiger partial charge in [-0.1, -0.05) is 53.4 Å². The number of hydrogen-bond donors (Lipinski definition) is 2. The number of carbonyl (C=O) groups is 3. The molecule has 4 amide bonds. The van der Waals surface area contributed by atoms with E-state index in [1.165, 1.54) is 82.0 Å². The normalized spacial score (nSPS) is 19.0. The number of nitrogens with one attached hydrogen (secondary N) is 1. The standard InChI is InChI=1S/C16H36N.C15H26N4O9S/c1-5-9-13-17(14-10-6-2,15-11-7-3)16-12-8-4;1-9(18(14(22)23)15(2,3)4)8-27-16-12(20)11-6-5-10-7-17(11)13(21)19(10)28-29(24,25)26/h5-16H2,1-4H3;9-11H,5-8H2,1-4H3,(H,16,20)(H,22,23)(H,24,25,26)/q+1;/p-1/t;9-,10-,11+/m.1/s1. The Balaban J connectivity index is 0.000000533. The zero-order valence-electron chi connectivity index (χ0n) is 29.5. The van der Waals surface area contributed by atoms with Crippen LogP contribution in [0.25, 0.3) is 0 Å². The minimum Gasteiger partial charge on any atom is -0.530 e. The average Bonchev–Trinajstić information content (AvgIpc) is 3.19. The third kappa shape index (κ3) is 13.5. The van der Waals surface area contributed by atoms with E-state index in [1.807, 2.05) is 0 Å². The van der Waals surface area contributed by atoms with E-state index in [9.17, 15) is 27.9 Å². The number of unbranched alkanes of at least 4 members (excludes halogenated alkanes) is 4. The molecular formula is C31H61N5O9S. The summed E-state index contributed by atoms with van der Waals surface area (Å²) in [7, 11) is -4.87. The molecule has 2 rings (SSSR count). The highest BCUT2D eigenvalue weighted by molar-refractivity contribution is 7.80. The van der Waals surface area contributed by atoms with Gasteiger partial charge in [0.1, 0.15) is 12.1 Å². The minimum absolute atomic E-state index is 0.0470. The summed E-state index contributed by atoms with van der Waals surface area (Å²) in [5.74, 6) is -0.645. The van der Waals surface area contributed by atoms with Crippen molar-refractivity contribution in [2.45, 2.75) is 143 Å². The molecule has 0 aromatic carbocycles. The molecule has 14 nitrogen and oxygen atoms in total. The molecule has 0 unspecified atom stereocenters. The van der Waals surface area contributed by atoms with Crippen LogP contribution in [0.2, 0.25) is 0 Å². The quantitative estimate of drug-likeness (QED) is 0.117. The molecule has 2 N–H and O–H groups in total. The second-order valence-electron chi connectivity index (χ2n) is 13.6. The van der Waals surface area contributed by atoms with Crippen LogP contribution >= 0.6 is 0 Å². The number of rotatable bonds is 19. The predicted molar refractivity (Wildman–Crippen MR) is 173 cm³/mol. The van der Waals surface area contributed by atoms with Gasteiger partial charge in [0.15, 0.2) is 0 Å². The first kappa shape index (κ1) is 41.8. The maximum atomic E-state index is 12.4. The van der Waals surface area contributed by atoms with Crippen molar-refractivity contribution in [3.05, 3.63) is 0 Å². The molecule has 2 fully saturated rings. The van der Waals surface area contributed by atoms with E-state index < -0.39 is 52.1 Å². The number of hydroxylamine groups is 3. The van der Waals surface area contributed by atoms with E-state index in [2.05, 4.69) is 37.5 Å². The molecule has 0 spiro atoms. The Bertz CT molecular complexity index is 1020. The molecule has 2 aliphatic heterocycles. The van der Waals surface area contributed by atoms with Gasteiger partial charge in [0.05, 0.1) is 44.9 Å². The molecule has 0 aromatic rings. The van der Waals surface area contributed by atoms with Crippen LogP contribution in [0.1, 0.15) is 120 Å². The fourth-order valence-corrected chi connectivity index (χ4v) is 6.63. The number of piperidine rings is 1. The molecule has 0 saturated carbocycles. The molecule has 270 valence electrons. The van der Waals surface area contributed by atoms with Crippen LogP contribution in [-0.2, 0) is 24.3 Å². The highest BCUT2D eigenvalue weighted by atomic mass is 32.3. The van der Waals surface area contributed by atoms with Gasteiger partial charge in [0.25, 0.3) is 5.91 Å². The van der Waals surface area contributed by atoms with Crippen molar-refractivity contribution < 1.29 is 46.1 Å². The molecule has 2 saturated heterocycles. The lowest BCUT2D eigenvalue weighted by atomic mass is 10.0. The number of hydrogen-bond acceptors (Lipinski definition) is 8. The van der Waals surface area contributed by atoms with Crippen LogP contribution in [0.3, 0.4) is 0 Å². The molecule has 15 heteroatoms. The summed E-state index contributed by atoms with van der Waals surface area (Å²) in [4.78, 5) is 43.4. The van der Waals surface area contributed by atoms with Gasteiger partial charge in [-0.2, -0.15) is 13.5 Å². The number of urea groups is 1. The van der Waals surface area contributed by atoms with Crippen LogP contribution in [-0.4, -0.2) is 113 Å². The van der Waals surface area contributed by atoms with Crippen LogP contribution in [0.5, 0.6) is 0 Å². The number of quaternary nitrogens is 1. The van der Waals surface area contributed by atoms with Crippen LogP contribution in [0, 0.1) is 0 Å². The Morgan fingerprint density at radius 3 is 1.87 bits per heavy atom. The van der Waals surface area contributed by atoms with Crippen molar-refractivity contribution in [3.63, 3.8) is 0 Å². The van der Waals surface area contributed by atoms with E-state index in [0.29, 0.717) is 5.06 Å². The molecular weight excluding hydrogens is 618 g/mol. The van der Waals surface area contributed by atoms with Gasteiger partial charge in [-0.3, -0.25) is 14.2 Å². The predicted octanol–water partition coefficient (Wildman–Crippen LogP) is 3.87. The Labute approximate surface area is 277 Å². The molecule has 2 bridgehead atoms. The lowest BCUT2D eigenvalue weighted by Crippen LogP contribution is -2.57. The summed E-state index contributed by atoms with van der Waals surface area (Å²) in [6, 6.07) is -3.03. The van der Waals surface area contributed by atoms with E-state index >= 15 is 0 Å². The summed E-state index contributed by atoms with van der Waals surface area (Å²) < 4.78 is 36.3. The van der Waals surface area contributed by atoms with Crippen molar-refractivity contribution in [2.24, 2.45) is 0 Å². The van der Waals surface area contributed by atoms with Crippen LogP contribution in [0.4, 0.5) is 9.59 Å². The topological polar surface area (TPSA) is 169 Å². The maximum Gasteiger partial charge on any atom is 0.418 e. The Morgan fingerprint density at radius 1 is 1.00 bits per heavy atom. The van der Waals surface area contributed by atoms with Gasteiger partial charge >= 0.3 is 16.4 Å². The highest BCUT2D eigenvalue weighted by Gasteiger charge is 2.49.